The fourth-order valence-electron chi connectivity index (χ4n) is 1.73. The van der Waals surface area contributed by atoms with Crippen LogP contribution in [0.5, 0.6) is 0 Å². The topological polar surface area (TPSA) is 99.3 Å². The van der Waals surface area contributed by atoms with Gasteiger partial charge in [-0.05, 0) is 18.2 Å². The van der Waals surface area contributed by atoms with Gasteiger partial charge in [0.1, 0.15) is 18.0 Å². The second-order valence-electron chi connectivity index (χ2n) is 3.86. The number of nitrogens with one attached hydrogen (secondary N) is 3. The van der Waals surface area contributed by atoms with Crippen LogP contribution in [0.3, 0.4) is 0 Å². The van der Waals surface area contributed by atoms with Crippen molar-refractivity contribution in [1.29, 1.82) is 0 Å². The molecule has 0 bridgehead atoms. The predicted molar refractivity (Wildman–Crippen MR) is 73.8 cm³/mol. The Bertz CT molecular complexity index is 780. The quantitative estimate of drug-likeness (QED) is 0.677. The molecule has 0 saturated heterocycles. The molecule has 3 N–H and O–H groups in total. The zero-order chi connectivity index (χ0) is 13.2. The molecule has 96 valence electrons. The van der Waals surface area contributed by atoms with Gasteiger partial charge in [0.15, 0.2) is 0 Å². The van der Waals surface area contributed by atoms with E-state index in [1.54, 1.807) is 0 Å². The summed E-state index contributed by atoms with van der Waals surface area (Å²) in [6, 6.07) is 5.76. The van der Waals surface area contributed by atoms with Crippen molar-refractivity contribution in [2.45, 2.75) is 6.54 Å². The van der Waals surface area contributed by atoms with E-state index in [4.69, 9.17) is 0 Å². The standard InChI is InChI=1S/C11H9BrN6O/c12-6-1-2-8-7(3-6)10(15-5-14-8)13-4-9-16-11(19)18-17-9/h1-3,5H,4H2,(H,13,14,15)(H2,16,17,18,19). The third-order valence-corrected chi connectivity index (χ3v) is 3.06. The van der Waals surface area contributed by atoms with E-state index >= 15 is 0 Å². The number of benzene rings is 1. The molecule has 0 fully saturated rings. The molecule has 0 amide bonds. The van der Waals surface area contributed by atoms with Crippen LogP contribution in [-0.4, -0.2) is 25.1 Å². The van der Waals surface area contributed by atoms with Crippen molar-refractivity contribution in [2.75, 3.05) is 5.32 Å². The highest BCUT2D eigenvalue weighted by atomic mass is 79.9. The molecule has 0 saturated carbocycles. The van der Waals surface area contributed by atoms with Crippen LogP contribution in [0.1, 0.15) is 5.82 Å². The highest BCUT2D eigenvalue weighted by molar-refractivity contribution is 9.10. The van der Waals surface area contributed by atoms with Gasteiger partial charge in [-0.25, -0.2) is 19.9 Å². The van der Waals surface area contributed by atoms with Gasteiger partial charge in [-0.3, -0.25) is 4.98 Å². The molecule has 0 atom stereocenters. The number of rotatable bonds is 3. The van der Waals surface area contributed by atoms with Gasteiger partial charge in [0.25, 0.3) is 0 Å². The number of H-pyrrole nitrogens is 2. The molecule has 0 aliphatic heterocycles. The Balaban J connectivity index is 1.92. The van der Waals surface area contributed by atoms with Crippen LogP contribution < -0.4 is 11.0 Å². The number of hydrogen-bond acceptors (Lipinski definition) is 5. The van der Waals surface area contributed by atoms with E-state index in [0.29, 0.717) is 18.2 Å². The van der Waals surface area contributed by atoms with Crippen LogP contribution in [0.4, 0.5) is 5.82 Å². The SMILES string of the molecule is O=c1[nH]nc(CNc2ncnc3ccc(Br)cc23)[nH]1. The number of nitrogens with zero attached hydrogens (tertiary/aromatic N) is 3. The lowest BCUT2D eigenvalue weighted by molar-refractivity contribution is 0.947. The Labute approximate surface area is 115 Å². The number of aromatic nitrogens is 5. The fraction of sp³-hybridized carbons (Fsp3) is 0.0909. The smallest absolute Gasteiger partial charge is 0.340 e. The lowest BCUT2D eigenvalue weighted by Gasteiger charge is -2.06. The first kappa shape index (κ1) is 11.8. The van der Waals surface area contributed by atoms with E-state index in [0.717, 1.165) is 15.4 Å². The van der Waals surface area contributed by atoms with Gasteiger partial charge in [0.05, 0.1) is 12.1 Å². The van der Waals surface area contributed by atoms with Gasteiger partial charge in [-0.2, -0.15) is 5.10 Å². The van der Waals surface area contributed by atoms with Crippen molar-refractivity contribution >= 4 is 32.7 Å². The minimum atomic E-state index is -0.327. The van der Waals surface area contributed by atoms with Crippen LogP contribution in [0.25, 0.3) is 10.9 Å². The maximum Gasteiger partial charge on any atom is 0.340 e. The highest BCUT2D eigenvalue weighted by Crippen LogP contribution is 2.23. The summed E-state index contributed by atoms with van der Waals surface area (Å²) >= 11 is 3.42. The fourth-order valence-corrected chi connectivity index (χ4v) is 2.09. The summed E-state index contributed by atoms with van der Waals surface area (Å²) in [4.78, 5) is 21.9. The summed E-state index contributed by atoms with van der Waals surface area (Å²) in [5.74, 6) is 1.21. The molecule has 2 heterocycles. The highest BCUT2D eigenvalue weighted by Gasteiger charge is 2.05. The molecule has 7 nitrogen and oxygen atoms in total. The number of aromatic amines is 2. The Morgan fingerprint density at radius 1 is 1.32 bits per heavy atom. The largest absolute Gasteiger partial charge is 0.362 e. The van der Waals surface area contributed by atoms with Crippen molar-refractivity contribution in [3.05, 3.63) is 45.3 Å². The average molecular weight is 321 g/mol. The molecule has 0 radical (unpaired) electrons. The van der Waals surface area contributed by atoms with Gasteiger partial charge in [0, 0.05) is 9.86 Å². The van der Waals surface area contributed by atoms with Crippen molar-refractivity contribution in [2.24, 2.45) is 0 Å². The molecule has 0 unspecified atom stereocenters. The van der Waals surface area contributed by atoms with E-state index in [-0.39, 0.29) is 5.69 Å². The second kappa shape index (κ2) is 4.81. The normalized spacial score (nSPS) is 10.8. The summed E-state index contributed by atoms with van der Waals surface area (Å²) in [6.45, 7) is 0.372. The molecule has 0 aliphatic carbocycles. The number of fused-ring (bicyclic) bond motifs is 1. The van der Waals surface area contributed by atoms with Gasteiger partial charge in [0.2, 0.25) is 0 Å². The van der Waals surface area contributed by atoms with Gasteiger partial charge in [-0.15, -0.1) is 0 Å². The van der Waals surface area contributed by atoms with Crippen LogP contribution in [0.15, 0.2) is 33.8 Å². The van der Waals surface area contributed by atoms with Crippen LogP contribution >= 0.6 is 15.9 Å². The van der Waals surface area contributed by atoms with E-state index < -0.39 is 0 Å². The third-order valence-electron chi connectivity index (χ3n) is 2.57. The first-order chi connectivity index (χ1) is 9.22. The molecular formula is C11H9BrN6O. The molecule has 1 aromatic carbocycles. The monoisotopic (exact) mass is 320 g/mol. The summed E-state index contributed by atoms with van der Waals surface area (Å²) in [7, 11) is 0. The van der Waals surface area contributed by atoms with E-state index in [1.807, 2.05) is 18.2 Å². The number of hydrogen-bond donors (Lipinski definition) is 3. The van der Waals surface area contributed by atoms with E-state index in [1.165, 1.54) is 6.33 Å². The zero-order valence-electron chi connectivity index (χ0n) is 9.64. The molecule has 0 aliphatic rings. The van der Waals surface area contributed by atoms with Crippen molar-refractivity contribution in [3.8, 4) is 0 Å². The molecule has 8 heteroatoms. The molecule has 3 aromatic rings. The summed E-state index contributed by atoms with van der Waals surface area (Å²) < 4.78 is 0.950. The van der Waals surface area contributed by atoms with Crippen LogP contribution in [-0.2, 0) is 6.54 Å². The van der Waals surface area contributed by atoms with Crippen molar-refractivity contribution in [3.63, 3.8) is 0 Å². The predicted octanol–water partition coefficient (Wildman–Crippen LogP) is 1.42. The maximum atomic E-state index is 10.9. The zero-order valence-corrected chi connectivity index (χ0v) is 11.2. The van der Waals surface area contributed by atoms with Crippen molar-refractivity contribution < 1.29 is 0 Å². The number of halogens is 1. The Morgan fingerprint density at radius 3 is 3.00 bits per heavy atom. The Kier molecular flexibility index (Phi) is 3.00. The Hall–Kier alpha value is -2.22. The lowest BCUT2D eigenvalue weighted by atomic mass is 10.2. The average Bonchev–Trinajstić information content (AvgIpc) is 2.82. The Morgan fingerprint density at radius 2 is 2.21 bits per heavy atom. The third kappa shape index (κ3) is 2.48. The van der Waals surface area contributed by atoms with Gasteiger partial charge in [-0.1, -0.05) is 15.9 Å². The molecular weight excluding hydrogens is 312 g/mol. The molecule has 2 aromatic heterocycles. The molecule has 19 heavy (non-hydrogen) atoms. The molecule has 0 spiro atoms. The first-order valence-electron chi connectivity index (χ1n) is 5.50. The first-order valence-corrected chi connectivity index (χ1v) is 6.29. The lowest BCUT2D eigenvalue weighted by Crippen LogP contribution is -2.06. The van der Waals surface area contributed by atoms with Crippen LogP contribution in [0, 0.1) is 0 Å². The maximum absolute atomic E-state index is 10.9. The second-order valence-corrected chi connectivity index (χ2v) is 4.78. The minimum Gasteiger partial charge on any atom is -0.362 e. The van der Waals surface area contributed by atoms with Crippen molar-refractivity contribution in [1.82, 2.24) is 25.1 Å². The number of anilines is 1. The van der Waals surface area contributed by atoms with Gasteiger partial charge >= 0.3 is 5.69 Å². The minimum absolute atomic E-state index is 0.327. The summed E-state index contributed by atoms with van der Waals surface area (Å²) in [5, 5.41) is 10.1. The van der Waals surface area contributed by atoms with Gasteiger partial charge < -0.3 is 5.32 Å². The van der Waals surface area contributed by atoms with E-state index in [2.05, 4.69) is 46.4 Å². The molecule has 3 rings (SSSR count). The summed E-state index contributed by atoms with van der Waals surface area (Å²) in [6.07, 6.45) is 1.49. The van der Waals surface area contributed by atoms with Crippen LogP contribution in [0.2, 0.25) is 0 Å². The van der Waals surface area contributed by atoms with E-state index in [9.17, 15) is 4.79 Å². The summed E-state index contributed by atoms with van der Waals surface area (Å²) in [5.41, 5.74) is 0.517.